The Hall–Kier alpha value is -3.76. The summed E-state index contributed by atoms with van der Waals surface area (Å²) >= 11 is 0. The van der Waals surface area contributed by atoms with Gasteiger partial charge in [-0.25, -0.2) is 14.5 Å². The summed E-state index contributed by atoms with van der Waals surface area (Å²) in [6.45, 7) is 10.8. The minimum absolute atomic E-state index is 0.0227. The van der Waals surface area contributed by atoms with E-state index in [1.54, 1.807) is 4.90 Å². The zero-order valence-corrected chi connectivity index (χ0v) is 27.3. The fraction of sp³-hybridized carbons (Fsp3) is 0.543. The number of fused-ring (bicyclic) bond motifs is 1. The van der Waals surface area contributed by atoms with Crippen molar-refractivity contribution in [2.24, 2.45) is 5.92 Å². The highest BCUT2D eigenvalue weighted by atomic mass is 16.6. The van der Waals surface area contributed by atoms with Gasteiger partial charge in [-0.15, -0.1) is 0 Å². The second-order valence-corrected chi connectivity index (χ2v) is 13.4. The van der Waals surface area contributed by atoms with Crippen LogP contribution in [-0.2, 0) is 33.7 Å². The average Bonchev–Trinajstić information content (AvgIpc) is 3.64. The first-order chi connectivity index (χ1) is 21.5. The Kier molecular flexibility index (Phi) is 10.2. The van der Waals surface area contributed by atoms with E-state index in [0.29, 0.717) is 24.6 Å². The molecule has 1 aromatic carbocycles. The van der Waals surface area contributed by atoms with Gasteiger partial charge >= 0.3 is 12.1 Å². The summed E-state index contributed by atoms with van der Waals surface area (Å²) in [4.78, 5) is 34.5. The number of methoxy groups -OCH3 is 1. The monoisotopic (exact) mass is 617 g/mol. The number of nitrogens with zero attached hydrogens (tertiary/aromatic N) is 5. The van der Waals surface area contributed by atoms with E-state index < -0.39 is 5.60 Å². The lowest BCUT2D eigenvalue weighted by Crippen LogP contribution is -2.40. The molecule has 0 bridgehead atoms. The predicted molar refractivity (Wildman–Crippen MR) is 173 cm³/mol. The first-order valence-corrected chi connectivity index (χ1v) is 16.1. The molecular formula is C35H47N5O5. The van der Waals surface area contributed by atoms with Crippen LogP contribution in [0.2, 0.25) is 0 Å². The second-order valence-electron chi connectivity index (χ2n) is 13.4. The van der Waals surface area contributed by atoms with Crippen LogP contribution in [0.3, 0.4) is 0 Å². The van der Waals surface area contributed by atoms with Crippen LogP contribution in [0.15, 0.2) is 42.5 Å². The van der Waals surface area contributed by atoms with Crippen molar-refractivity contribution in [3.63, 3.8) is 0 Å². The molecule has 1 saturated heterocycles. The first kappa shape index (κ1) is 32.6. The summed E-state index contributed by atoms with van der Waals surface area (Å²) < 4.78 is 12.6. The lowest BCUT2D eigenvalue weighted by molar-refractivity contribution is -0.141. The van der Waals surface area contributed by atoms with Gasteiger partial charge in [-0.1, -0.05) is 18.2 Å². The molecule has 1 N–H and O–H groups in total. The van der Waals surface area contributed by atoms with Crippen LogP contribution >= 0.6 is 0 Å². The third-order valence-corrected chi connectivity index (χ3v) is 8.70. The van der Waals surface area contributed by atoms with E-state index in [1.165, 1.54) is 7.11 Å². The molecule has 10 nitrogen and oxygen atoms in total. The normalized spacial score (nSPS) is 17.6. The number of rotatable bonds is 10. The van der Waals surface area contributed by atoms with Crippen LogP contribution in [0.25, 0.3) is 5.69 Å². The first-order valence-electron chi connectivity index (χ1n) is 16.1. The van der Waals surface area contributed by atoms with Gasteiger partial charge in [0, 0.05) is 36.9 Å². The van der Waals surface area contributed by atoms with Gasteiger partial charge in [0.2, 0.25) is 0 Å². The number of aliphatic hydroxyl groups is 1. The molecule has 2 atom stereocenters. The number of benzene rings is 1. The molecule has 1 fully saturated rings. The molecule has 5 rings (SSSR count). The van der Waals surface area contributed by atoms with Crippen LogP contribution in [-0.4, -0.2) is 75.7 Å². The van der Waals surface area contributed by atoms with E-state index >= 15 is 0 Å². The van der Waals surface area contributed by atoms with E-state index in [0.717, 1.165) is 85.8 Å². The van der Waals surface area contributed by atoms with E-state index in [2.05, 4.69) is 34.3 Å². The number of anilines is 1. The SMILES string of the molecule is COC(=O)CC(CN1CCC(CCc2ccc3c(n2)N(C(=O)OC(C)(C)C)CCC3)C1)c1cccc(-n2nc(CO)cc2C)c1. The number of aromatic nitrogens is 3. The lowest BCUT2D eigenvalue weighted by atomic mass is 9.94. The van der Waals surface area contributed by atoms with E-state index in [1.807, 2.05) is 50.6 Å². The van der Waals surface area contributed by atoms with E-state index in [-0.39, 0.29) is 24.6 Å². The topological polar surface area (TPSA) is 110 Å². The molecule has 2 aliphatic rings. The summed E-state index contributed by atoms with van der Waals surface area (Å²) in [6, 6.07) is 14.2. The molecule has 10 heteroatoms. The number of carbonyl (C=O) groups is 2. The summed E-state index contributed by atoms with van der Waals surface area (Å²) in [7, 11) is 1.44. The largest absolute Gasteiger partial charge is 0.469 e. The quantitative estimate of drug-likeness (QED) is 0.303. The Morgan fingerprint density at radius 2 is 1.93 bits per heavy atom. The van der Waals surface area contributed by atoms with Crippen molar-refractivity contribution in [3.8, 4) is 5.69 Å². The third kappa shape index (κ3) is 8.29. The number of likely N-dealkylation sites (tertiary alicyclic amines) is 1. The Bertz CT molecular complexity index is 1500. The molecule has 2 unspecified atom stereocenters. The van der Waals surface area contributed by atoms with Gasteiger partial charge in [0.15, 0.2) is 0 Å². The van der Waals surface area contributed by atoms with Crippen molar-refractivity contribution >= 4 is 17.9 Å². The van der Waals surface area contributed by atoms with Crippen molar-refractivity contribution < 1.29 is 24.2 Å². The van der Waals surface area contributed by atoms with Gasteiger partial charge in [-0.2, -0.15) is 5.10 Å². The fourth-order valence-corrected chi connectivity index (χ4v) is 6.45. The van der Waals surface area contributed by atoms with Crippen LogP contribution in [0.1, 0.15) is 80.6 Å². The van der Waals surface area contributed by atoms with Crippen LogP contribution < -0.4 is 4.90 Å². The van der Waals surface area contributed by atoms with Gasteiger partial charge in [0.25, 0.3) is 0 Å². The highest BCUT2D eigenvalue weighted by molar-refractivity contribution is 5.88. The minimum atomic E-state index is -0.553. The summed E-state index contributed by atoms with van der Waals surface area (Å²) in [5.41, 5.74) is 5.08. The summed E-state index contributed by atoms with van der Waals surface area (Å²) in [5, 5.41) is 14.1. The number of ether oxygens (including phenoxy) is 2. The maximum Gasteiger partial charge on any atom is 0.416 e. The second kappa shape index (κ2) is 14.1. The molecule has 0 radical (unpaired) electrons. The van der Waals surface area contributed by atoms with Crippen molar-refractivity contribution in [1.29, 1.82) is 0 Å². The fourth-order valence-electron chi connectivity index (χ4n) is 6.45. The number of carbonyl (C=O) groups excluding carboxylic acids is 2. The van der Waals surface area contributed by atoms with Crippen molar-refractivity contribution in [3.05, 3.63) is 70.7 Å². The number of hydrogen-bond acceptors (Lipinski definition) is 8. The number of hydrogen-bond donors (Lipinski definition) is 1. The van der Waals surface area contributed by atoms with Crippen molar-refractivity contribution in [2.45, 2.75) is 84.3 Å². The third-order valence-electron chi connectivity index (χ3n) is 8.70. The Balaban J connectivity index is 1.22. The standard InChI is InChI=1S/C35H47N5O5/c1-24-18-30(23-41)37-40(24)31-10-6-8-27(19-31)28(20-32(42)44-5)22-38-17-15-25(21-38)11-13-29-14-12-26-9-7-16-39(33(26)36-29)34(43)45-35(2,3)4/h6,8,10,12,14,18-19,25,28,41H,7,9,11,13,15-17,20-23H2,1-5H3. The highest BCUT2D eigenvalue weighted by Gasteiger charge is 2.30. The molecule has 4 heterocycles. The molecule has 2 aromatic heterocycles. The van der Waals surface area contributed by atoms with Gasteiger partial charge in [0.05, 0.1) is 31.5 Å². The molecule has 0 aliphatic carbocycles. The van der Waals surface area contributed by atoms with Gasteiger partial charge in [0.1, 0.15) is 11.4 Å². The van der Waals surface area contributed by atoms with Crippen LogP contribution in [0.4, 0.5) is 10.6 Å². The zero-order valence-electron chi connectivity index (χ0n) is 27.3. The zero-order chi connectivity index (χ0) is 32.1. The molecule has 0 saturated carbocycles. The van der Waals surface area contributed by atoms with Crippen LogP contribution in [0, 0.1) is 12.8 Å². The maximum atomic E-state index is 12.9. The molecule has 242 valence electrons. The Labute approximate surface area is 266 Å². The predicted octanol–water partition coefficient (Wildman–Crippen LogP) is 5.36. The Morgan fingerprint density at radius 1 is 1.11 bits per heavy atom. The number of aliphatic hydroxyl groups excluding tert-OH is 1. The number of aryl methyl sites for hydroxylation is 3. The van der Waals surface area contributed by atoms with Gasteiger partial charge in [-0.05, 0) is 108 Å². The van der Waals surface area contributed by atoms with Crippen molar-refractivity contribution in [2.75, 3.05) is 38.2 Å². The number of pyridine rings is 1. The number of esters is 1. The lowest BCUT2D eigenvalue weighted by Gasteiger charge is -2.31. The smallest absolute Gasteiger partial charge is 0.416 e. The number of amides is 1. The van der Waals surface area contributed by atoms with E-state index in [4.69, 9.17) is 14.5 Å². The molecule has 45 heavy (non-hydrogen) atoms. The molecule has 1 amide bonds. The Morgan fingerprint density at radius 3 is 2.67 bits per heavy atom. The maximum absolute atomic E-state index is 12.9. The van der Waals surface area contributed by atoms with Crippen molar-refractivity contribution in [1.82, 2.24) is 19.7 Å². The molecule has 3 aromatic rings. The minimum Gasteiger partial charge on any atom is -0.469 e. The molecule has 2 aliphatic heterocycles. The molecular weight excluding hydrogens is 570 g/mol. The average molecular weight is 618 g/mol. The van der Waals surface area contributed by atoms with Gasteiger partial charge in [-0.3, -0.25) is 9.69 Å². The van der Waals surface area contributed by atoms with Crippen LogP contribution in [0.5, 0.6) is 0 Å². The molecule has 0 spiro atoms. The highest BCUT2D eigenvalue weighted by Crippen LogP contribution is 2.30. The summed E-state index contributed by atoms with van der Waals surface area (Å²) in [5.74, 6) is 1.02. The summed E-state index contributed by atoms with van der Waals surface area (Å²) in [6.07, 6.45) is 4.74. The van der Waals surface area contributed by atoms with Gasteiger partial charge < -0.3 is 19.5 Å². The van der Waals surface area contributed by atoms with E-state index in [9.17, 15) is 14.7 Å².